The van der Waals surface area contributed by atoms with Gasteiger partial charge < -0.3 is 10.4 Å². The van der Waals surface area contributed by atoms with Crippen LogP contribution in [0.4, 0.5) is 0 Å². The lowest BCUT2D eigenvalue weighted by molar-refractivity contribution is -0.142. The summed E-state index contributed by atoms with van der Waals surface area (Å²) in [6.07, 6.45) is 1.87. The SMILES string of the molecule is CCCCC(NC(=O)[C@@H]1Cc2ccccc2CN1S(=O)(=O)c1ccc(Cl)cc1)C(=O)O. The Hall–Kier alpha value is -2.42. The summed E-state index contributed by atoms with van der Waals surface area (Å²) in [7, 11) is -4.02. The third-order valence-electron chi connectivity index (χ3n) is 5.39. The Bertz CT molecular complexity index is 1060. The van der Waals surface area contributed by atoms with Crippen molar-refractivity contribution in [3.8, 4) is 0 Å². The molecule has 1 amide bonds. The van der Waals surface area contributed by atoms with Crippen molar-refractivity contribution in [1.29, 1.82) is 0 Å². The minimum Gasteiger partial charge on any atom is -0.480 e. The molecule has 0 aliphatic carbocycles. The lowest BCUT2D eigenvalue weighted by Crippen LogP contribution is -2.55. The first-order valence-corrected chi connectivity index (χ1v) is 11.9. The number of benzene rings is 2. The molecule has 0 spiro atoms. The highest BCUT2D eigenvalue weighted by Gasteiger charge is 2.40. The highest BCUT2D eigenvalue weighted by atomic mass is 35.5. The van der Waals surface area contributed by atoms with Gasteiger partial charge in [-0.05, 0) is 48.2 Å². The van der Waals surface area contributed by atoms with E-state index >= 15 is 0 Å². The molecular weight excluding hydrogens is 440 g/mol. The fraction of sp³-hybridized carbons (Fsp3) is 0.364. The van der Waals surface area contributed by atoms with E-state index in [0.29, 0.717) is 11.4 Å². The third-order valence-corrected chi connectivity index (χ3v) is 7.51. The molecule has 0 saturated carbocycles. The largest absolute Gasteiger partial charge is 0.480 e. The van der Waals surface area contributed by atoms with Gasteiger partial charge in [-0.2, -0.15) is 4.31 Å². The number of aliphatic carboxylic acids is 1. The van der Waals surface area contributed by atoms with Crippen LogP contribution in [0.25, 0.3) is 0 Å². The van der Waals surface area contributed by atoms with Crippen LogP contribution < -0.4 is 5.32 Å². The fourth-order valence-electron chi connectivity index (χ4n) is 3.65. The molecule has 0 saturated heterocycles. The van der Waals surface area contributed by atoms with Gasteiger partial charge in [0.15, 0.2) is 0 Å². The van der Waals surface area contributed by atoms with E-state index in [4.69, 9.17) is 11.6 Å². The second kappa shape index (κ2) is 9.80. The van der Waals surface area contributed by atoms with Crippen LogP contribution in [0.15, 0.2) is 53.4 Å². The van der Waals surface area contributed by atoms with E-state index in [0.717, 1.165) is 21.9 Å². The average Bonchev–Trinajstić information content (AvgIpc) is 2.75. The zero-order valence-electron chi connectivity index (χ0n) is 17.1. The predicted molar refractivity (Wildman–Crippen MR) is 117 cm³/mol. The smallest absolute Gasteiger partial charge is 0.326 e. The van der Waals surface area contributed by atoms with Crippen molar-refractivity contribution in [3.63, 3.8) is 0 Å². The van der Waals surface area contributed by atoms with E-state index in [1.54, 1.807) is 0 Å². The molecular formula is C22H25ClN2O5S. The van der Waals surface area contributed by atoms with E-state index in [9.17, 15) is 23.1 Å². The number of nitrogens with one attached hydrogen (secondary N) is 1. The Morgan fingerprint density at radius 1 is 1.16 bits per heavy atom. The van der Waals surface area contributed by atoms with Crippen LogP contribution in [0.2, 0.25) is 5.02 Å². The van der Waals surface area contributed by atoms with Crippen LogP contribution in [-0.4, -0.2) is 41.8 Å². The lowest BCUT2D eigenvalue weighted by Gasteiger charge is -2.35. The van der Waals surface area contributed by atoms with Gasteiger partial charge >= 0.3 is 5.97 Å². The average molecular weight is 465 g/mol. The second-order valence-electron chi connectivity index (χ2n) is 7.53. The molecule has 9 heteroatoms. The van der Waals surface area contributed by atoms with E-state index in [1.807, 2.05) is 31.2 Å². The van der Waals surface area contributed by atoms with Gasteiger partial charge in [0.1, 0.15) is 12.1 Å². The molecule has 1 unspecified atom stereocenters. The van der Waals surface area contributed by atoms with Gasteiger partial charge in [0.25, 0.3) is 0 Å². The van der Waals surface area contributed by atoms with Crippen LogP contribution >= 0.6 is 11.6 Å². The standard InChI is InChI=1S/C22H25ClN2O5S/c1-2-3-8-19(22(27)28)24-21(26)20-13-15-6-4-5-7-16(15)14-25(20)31(29,30)18-11-9-17(23)10-12-18/h4-7,9-12,19-20H,2-3,8,13-14H2,1H3,(H,24,26)(H,27,28)/t19?,20-/m0/s1. The van der Waals surface area contributed by atoms with Gasteiger partial charge in [-0.25, -0.2) is 13.2 Å². The summed E-state index contributed by atoms with van der Waals surface area (Å²) in [6.45, 7) is 1.95. The van der Waals surface area contributed by atoms with Gasteiger partial charge in [0, 0.05) is 11.6 Å². The third kappa shape index (κ3) is 5.26. The molecule has 0 aromatic heterocycles. The Morgan fingerprint density at radius 2 is 1.81 bits per heavy atom. The summed E-state index contributed by atoms with van der Waals surface area (Å²) in [4.78, 5) is 24.7. The normalized spacial score (nSPS) is 17.5. The topological polar surface area (TPSA) is 104 Å². The van der Waals surface area contributed by atoms with Crippen molar-refractivity contribution >= 4 is 33.5 Å². The first-order chi connectivity index (χ1) is 14.7. The predicted octanol–water partition coefficient (Wildman–Crippen LogP) is 3.22. The molecule has 166 valence electrons. The molecule has 7 nitrogen and oxygen atoms in total. The van der Waals surface area contributed by atoms with Gasteiger partial charge in [0.05, 0.1) is 4.90 Å². The van der Waals surface area contributed by atoms with Gasteiger partial charge in [0.2, 0.25) is 15.9 Å². The van der Waals surface area contributed by atoms with Crippen molar-refractivity contribution in [2.75, 3.05) is 0 Å². The first-order valence-electron chi connectivity index (χ1n) is 10.1. The molecule has 2 atom stereocenters. The number of carboxylic acid groups (broad SMARTS) is 1. The summed E-state index contributed by atoms with van der Waals surface area (Å²) in [5, 5.41) is 12.4. The number of unbranched alkanes of at least 4 members (excludes halogenated alkanes) is 1. The number of hydrogen-bond donors (Lipinski definition) is 2. The molecule has 2 aromatic rings. The van der Waals surface area contributed by atoms with Crippen LogP contribution in [-0.2, 0) is 32.6 Å². The first kappa shape index (κ1) is 23.2. The summed E-state index contributed by atoms with van der Waals surface area (Å²) in [5.74, 6) is -1.75. The minimum atomic E-state index is -4.02. The Labute approximate surface area is 187 Å². The maximum Gasteiger partial charge on any atom is 0.326 e. The van der Waals surface area contributed by atoms with E-state index in [-0.39, 0.29) is 24.3 Å². The molecule has 1 aliphatic rings. The van der Waals surface area contributed by atoms with Crippen LogP contribution in [0.1, 0.15) is 37.3 Å². The molecule has 1 heterocycles. The van der Waals surface area contributed by atoms with Gasteiger partial charge in [-0.3, -0.25) is 4.79 Å². The highest BCUT2D eigenvalue weighted by Crippen LogP contribution is 2.30. The van der Waals surface area contributed by atoms with Crippen molar-refractivity contribution in [1.82, 2.24) is 9.62 Å². The molecule has 0 bridgehead atoms. The number of carboxylic acids is 1. The fourth-order valence-corrected chi connectivity index (χ4v) is 5.34. The van der Waals surface area contributed by atoms with E-state index < -0.39 is 34.0 Å². The van der Waals surface area contributed by atoms with Crippen molar-refractivity contribution in [2.24, 2.45) is 0 Å². The molecule has 1 aliphatic heterocycles. The molecule has 3 rings (SSSR count). The van der Waals surface area contributed by atoms with Crippen LogP contribution in [0.5, 0.6) is 0 Å². The number of rotatable bonds is 8. The Kier molecular flexibility index (Phi) is 7.35. The number of carbonyl (C=O) groups excluding carboxylic acids is 1. The summed E-state index contributed by atoms with van der Waals surface area (Å²) in [6, 6.07) is 11.0. The number of hydrogen-bond acceptors (Lipinski definition) is 4. The minimum absolute atomic E-state index is 0.0198. The summed E-state index contributed by atoms with van der Waals surface area (Å²) >= 11 is 5.89. The molecule has 2 aromatic carbocycles. The van der Waals surface area contributed by atoms with Gasteiger partial charge in [-0.1, -0.05) is 55.6 Å². The zero-order valence-corrected chi connectivity index (χ0v) is 18.7. The molecule has 2 N–H and O–H groups in total. The maximum absolute atomic E-state index is 13.4. The number of nitrogens with zero attached hydrogens (tertiary/aromatic N) is 1. The monoisotopic (exact) mass is 464 g/mol. The summed E-state index contributed by atoms with van der Waals surface area (Å²) in [5.41, 5.74) is 1.68. The number of halogens is 1. The summed E-state index contributed by atoms with van der Waals surface area (Å²) < 4.78 is 27.9. The van der Waals surface area contributed by atoms with E-state index in [2.05, 4.69) is 5.32 Å². The number of carbonyl (C=O) groups is 2. The number of sulfonamides is 1. The Balaban J connectivity index is 1.95. The van der Waals surface area contributed by atoms with Crippen molar-refractivity contribution in [2.45, 2.75) is 56.1 Å². The molecule has 0 fully saturated rings. The number of amides is 1. The van der Waals surface area contributed by atoms with E-state index in [1.165, 1.54) is 24.3 Å². The van der Waals surface area contributed by atoms with Crippen LogP contribution in [0.3, 0.4) is 0 Å². The lowest BCUT2D eigenvalue weighted by atomic mass is 9.95. The van der Waals surface area contributed by atoms with Gasteiger partial charge in [-0.15, -0.1) is 0 Å². The second-order valence-corrected chi connectivity index (χ2v) is 9.86. The van der Waals surface area contributed by atoms with Crippen molar-refractivity contribution < 1.29 is 23.1 Å². The quantitative estimate of drug-likeness (QED) is 0.624. The maximum atomic E-state index is 13.4. The molecule has 31 heavy (non-hydrogen) atoms. The Morgan fingerprint density at radius 3 is 2.42 bits per heavy atom. The highest BCUT2D eigenvalue weighted by molar-refractivity contribution is 7.89. The van der Waals surface area contributed by atoms with Crippen molar-refractivity contribution in [3.05, 3.63) is 64.7 Å². The zero-order chi connectivity index (χ0) is 22.6. The van der Waals surface area contributed by atoms with Crippen LogP contribution in [0, 0.1) is 0 Å². The molecule has 0 radical (unpaired) electrons. The number of fused-ring (bicyclic) bond motifs is 1.